The Morgan fingerprint density at radius 3 is 2.62 bits per heavy atom. The molecule has 3 aromatic rings. The molecule has 0 aliphatic carbocycles. The summed E-state index contributed by atoms with van der Waals surface area (Å²) in [5.74, 6) is -0.479. The first-order valence-corrected chi connectivity index (χ1v) is 10.1. The SMILES string of the molecule is CCc1cccc2sc(NC(=O)c3ccccc3S(C)(=O)=O)nc12. The number of benzene rings is 2. The van der Waals surface area contributed by atoms with Crippen LogP contribution in [0.25, 0.3) is 10.2 Å². The van der Waals surface area contributed by atoms with E-state index in [9.17, 15) is 13.2 Å². The molecule has 0 aliphatic heterocycles. The molecule has 0 radical (unpaired) electrons. The van der Waals surface area contributed by atoms with Crippen molar-refractivity contribution in [3.8, 4) is 0 Å². The van der Waals surface area contributed by atoms with Crippen molar-refractivity contribution in [1.82, 2.24) is 4.98 Å². The van der Waals surface area contributed by atoms with Gasteiger partial charge >= 0.3 is 0 Å². The van der Waals surface area contributed by atoms with E-state index in [1.54, 1.807) is 12.1 Å². The van der Waals surface area contributed by atoms with E-state index in [2.05, 4.69) is 17.2 Å². The average molecular weight is 360 g/mol. The van der Waals surface area contributed by atoms with Gasteiger partial charge in [-0.1, -0.05) is 42.5 Å². The number of fused-ring (bicyclic) bond motifs is 1. The van der Waals surface area contributed by atoms with Crippen molar-refractivity contribution in [2.24, 2.45) is 0 Å². The molecule has 124 valence electrons. The quantitative estimate of drug-likeness (QED) is 0.772. The van der Waals surface area contributed by atoms with Crippen LogP contribution in [0.1, 0.15) is 22.8 Å². The van der Waals surface area contributed by atoms with E-state index in [4.69, 9.17) is 0 Å². The van der Waals surface area contributed by atoms with Crippen LogP contribution in [0.15, 0.2) is 47.4 Å². The molecule has 0 spiro atoms. The van der Waals surface area contributed by atoms with Crippen molar-refractivity contribution in [2.45, 2.75) is 18.2 Å². The predicted molar refractivity (Wildman–Crippen MR) is 96.5 cm³/mol. The fourth-order valence-corrected chi connectivity index (χ4v) is 4.28. The van der Waals surface area contributed by atoms with E-state index in [-0.39, 0.29) is 10.5 Å². The molecular formula is C17H16N2O3S2. The summed E-state index contributed by atoms with van der Waals surface area (Å²) in [5.41, 5.74) is 2.10. The number of aryl methyl sites for hydroxylation is 1. The Bertz CT molecular complexity index is 1020. The lowest BCUT2D eigenvalue weighted by molar-refractivity contribution is 0.102. The zero-order valence-corrected chi connectivity index (χ0v) is 14.9. The Balaban J connectivity index is 1.97. The minimum atomic E-state index is -3.48. The Labute approximate surface area is 144 Å². The zero-order chi connectivity index (χ0) is 17.3. The van der Waals surface area contributed by atoms with E-state index in [0.29, 0.717) is 5.13 Å². The van der Waals surface area contributed by atoms with Gasteiger partial charge in [0.25, 0.3) is 5.91 Å². The summed E-state index contributed by atoms with van der Waals surface area (Å²) in [5, 5.41) is 3.17. The lowest BCUT2D eigenvalue weighted by atomic mass is 10.1. The summed E-state index contributed by atoms with van der Waals surface area (Å²) >= 11 is 1.37. The summed E-state index contributed by atoms with van der Waals surface area (Å²) in [4.78, 5) is 17.0. The minimum absolute atomic E-state index is 0.0119. The van der Waals surface area contributed by atoms with Crippen LogP contribution in [0.2, 0.25) is 0 Å². The van der Waals surface area contributed by atoms with Gasteiger partial charge in [0.2, 0.25) is 0 Å². The van der Waals surface area contributed by atoms with Gasteiger partial charge in [0.15, 0.2) is 15.0 Å². The van der Waals surface area contributed by atoms with E-state index in [1.807, 2.05) is 18.2 Å². The molecule has 2 aromatic carbocycles. The average Bonchev–Trinajstić information content (AvgIpc) is 2.96. The van der Waals surface area contributed by atoms with Crippen LogP contribution in [-0.4, -0.2) is 25.6 Å². The molecule has 3 rings (SSSR count). The van der Waals surface area contributed by atoms with E-state index in [0.717, 1.165) is 28.5 Å². The number of sulfone groups is 1. The lowest BCUT2D eigenvalue weighted by Gasteiger charge is -2.06. The van der Waals surface area contributed by atoms with Gasteiger partial charge in [-0.15, -0.1) is 0 Å². The third-order valence-electron chi connectivity index (χ3n) is 3.64. The highest BCUT2D eigenvalue weighted by Gasteiger charge is 2.19. The smallest absolute Gasteiger partial charge is 0.258 e. The van der Waals surface area contributed by atoms with Gasteiger partial charge < -0.3 is 0 Å². The van der Waals surface area contributed by atoms with E-state index in [1.165, 1.54) is 23.5 Å². The summed E-state index contributed by atoms with van der Waals surface area (Å²) < 4.78 is 24.7. The van der Waals surface area contributed by atoms with Gasteiger partial charge in [0, 0.05) is 6.26 Å². The molecule has 0 saturated carbocycles. The summed E-state index contributed by atoms with van der Waals surface area (Å²) in [6.07, 6.45) is 1.94. The van der Waals surface area contributed by atoms with Gasteiger partial charge in [-0.25, -0.2) is 13.4 Å². The van der Waals surface area contributed by atoms with Crippen molar-refractivity contribution < 1.29 is 13.2 Å². The number of nitrogens with zero attached hydrogens (tertiary/aromatic N) is 1. The number of anilines is 1. The third kappa shape index (κ3) is 3.18. The molecule has 7 heteroatoms. The number of hydrogen-bond donors (Lipinski definition) is 1. The van der Waals surface area contributed by atoms with Crippen LogP contribution in [0.4, 0.5) is 5.13 Å². The van der Waals surface area contributed by atoms with Crippen molar-refractivity contribution in [3.05, 3.63) is 53.6 Å². The number of carbonyl (C=O) groups is 1. The molecule has 1 amide bonds. The van der Waals surface area contributed by atoms with Crippen LogP contribution < -0.4 is 5.32 Å². The largest absolute Gasteiger partial charge is 0.298 e. The second-order valence-corrected chi connectivity index (χ2v) is 8.37. The highest BCUT2D eigenvalue weighted by molar-refractivity contribution is 7.90. The Kier molecular flexibility index (Phi) is 4.38. The van der Waals surface area contributed by atoms with Crippen molar-refractivity contribution in [1.29, 1.82) is 0 Å². The number of rotatable bonds is 4. The first-order valence-electron chi connectivity index (χ1n) is 7.39. The van der Waals surface area contributed by atoms with Crippen LogP contribution >= 0.6 is 11.3 Å². The molecule has 0 unspecified atom stereocenters. The Morgan fingerprint density at radius 2 is 1.92 bits per heavy atom. The molecule has 5 nitrogen and oxygen atoms in total. The molecule has 0 atom stereocenters. The maximum Gasteiger partial charge on any atom is 0.258 e. The fraction of sp³-hybridized carbons (Fsp3) is 0.176. The zero-order valence-electron chi connectivity index (χ0n) is 13.2. The van der Waals surface area contributed by atoms with Crippen LogP contribution in [-0.2, 0) is 16.3 Å². The first kappa shape index (κ1) is 16.6. The maximum atomic E-state index is 12.5. The number of amides is 1. The van der Waals surface area contributed by atoms with Crippen LogP contribution in [0.3, 0.4) is 0 Å². The van der Waals surface area contributed by atoms with Gasteiger partial charge in [0.05, 0.1) is 20.7 Å². The standard InChI is InChI=1S/C17H16N2O3S2/c1-3-11-7-6-9-13-15(11)18-17(23-13)19-16(20)12-8-4-5-10-14(12)24(2,21)22/h4-10H,3H2,1-2H3,(H,18,19,20). The van der Waals surface area contributed by atoms with Crippen molar-refractivity contribution in [2.75, 3.05) is 11.6 Å². The highest BCUT2D eigenvalue weighted by Crippen LogP contribution is 2.29. The number of para-hydroxylation sites is 1. The van der Waals surface area contributed by atoms with Gasteiger partial charge in [-0.05, 0) is 30.2 Å². The molecule has 1 heterocycles. The number of thiazole rings is 1. The Hall–Kier alpha value is -2.25. The molecule has 1 N–H and O–H groups in total. The molecule has 0 bridgehead atoms. The van der Waals surface area contributed by atoms with Crippen molar-refractivity contribution >= 4 is 42.4 Å². The van der Waals surface area contributed by atoms with Crippen molar-refractivity contribution in [3.63, 3.8) is 0 Å². The molecule has 0 aliphatic rings. The first-order chi connectivity index (χ1) is 11.4. The normalized spacial score (nSPS) is 11.6. The summed E-state index contributed by atoms with van der Waals surface area (Å²) in [6, 6.07) is 12.1. The van der Waals surface area contributed by atoms with Crippen LogP contribution in [0.5, 0.6) is 0 Å². The van der Waals surface area contributed by atoms with E-state index < -0.39 is 15.7 Å². The fourth-order valence-electron chi connectivity index (χ4n) is 2.49. The van der Waals surface area contributed by atoms with Gasteiger partial charge in [-0.3, -0.25) is 10.1 Å². The lowest BCUT2D eigenvalue weighted by Crippen LogP contribution is -2.15. The monoisotopic (exact) mass is 360 g/mol. The molecule has 24 heavy (non-hydrogen) atoms. The third-order valence-corrected chi connectivity index (χ3v) is 5.73. The second-order valence-electron chi connectivity index (χ2n) is 5.36. The maximum absolute atomic E-state index is 12.5. The molecule has 0 fully saturated rings. The number of nitrogens with one attached hydrogen (secondary N) is 1. The molecule has 1 aromatic heterocycles. The number of hydrogen-bond acceptors (Lipinski definition) is 5. The van der Waals surface area contributed by atoms with Gasteiger partial charge in [-0.2, -0.15) is 0 Å². The molecule has 0 saturated heterocycles. The summed E-state index contributed by atoms with van der Waals surface area (Å²) in [6.45, 7) is 2.05. The minimum Gasteiger partial charge on any atom is -0.298 e. The Morgan fingerprint density at radius 1 is 1.17 bits per heavy atom. The summed E-state index contributed by atoms with van der Waals surface area (Å²) in [7, 11) is -3.48. The number of aromatic nitrogens is 1. The second kappa shape index (κ2) is 6.33. The number of carbonyl (C=O) groups excluding carboxylic acids is 1. The van der Waals surface area contributed by atoms with Crippen LogP contribution in [0, 0.1) is 0 Å². The topological polar surface area (TPSA) is 76.1 Å². The van der Waals surface area contributed by atoms with E-state index >= 15 is 0 Å². The van der Waals surface area contributed by atoms with Gasteiger partial charge in [0.1, 0.15) is 0 Å². The molecular weight excluding hydrogens is 344 g/mol. The highest BCUT2D eigenvalue weighted by atomic mass is 32.2. The predicted octanol–water partition coefficient (Wildman–Crippen LogP) is 3.51.